The first-order chi connectivity index (χ1) is 6.89. The molecule has 1 rings (SSSR count). The lowest BCUT2D eigenvalue weighted by atomic mass is 9.88. The number of carbonyl (C=O) groups excluding carboxylic acids is 1. The van der Waals surface area contributed by atoms with Gasteiger partial charge in [-0.05, 0) is 13.8 Å². The van der Waals surface area contributed by atoms with Crippen molar-refractivity contribution in [2.45, 2.75) is 38.0 Å². The maximum Gasteiger partial charge on any atom is 0.325 e. The topological polar surface area (TPSA) is 94.1 Å². The van der Waals surface area contributed by atoms with E-state index in [2.05, 4.69) is 9.89 Å². The zero-order chi connectivity index (χ0) is 11.6. The molecule has 1 aliphatic rings. The minimum Gasteiger partial charge on any atom is -0.468 e. The molecule has 3 N–H and O–H groups in total. The molecule has 0 aromatic heterocycles. The van der Waals surface area contributed by atoms with Gasteiger partial charge in [0.1, 0.15) is 11.6 Å². The number of methoxy groups -OCH3 is 1. The van der Waals surface area contributed by atoms with E-state index >= 15 is 0 Å². The summed E-state index contributed by atoms with van der Waals surface area (Å²) in [6, 6.07) is -1.14. The number of rotatable bonds is 3. The van der Waals surface area contributed by atoms with Crippen molar-refractivity contribution in [3.8, 4) is 0 Å². The second-order valence-corrected chi connectivity index (χ2v) is 3.85. The summed E-state index contributed by atoms with van der Waals surface area (Å²) in [5.74, 6) is -0.673. The highest BCUT2D eigenvalue weighted by Crippen LogP contribution is 2.25. The number of hydrogen-bond donors (Lipinski definition) is 2. The molecule has 0 spiro atoms. The lowest BCUT2D eigenvalue weighted by Gasteiger charge is -2.31. The van der Waals surface area contributed by atoms with Gasteiger partial charge in [0.15, 0.2) is 6.10 Å². The second kappa shape index (κ2) is 4.16. The van der Waals surface area contributed by atoms with Crippen molar-refractivity contribution in [2.75, 3.05) is 7.11 Å². The molecule has 6 nitrogen and oxygen atoms in total. The molecule has 0 saturated carbocycles. The van der Waals surface area contributed by atoms with Crippen molar-refractivity contribution in [3.63, 3.8) is 0 Å². The summed E-state index contributed by atoms with van der Waals surface area (Å²) in [7, 11) is 1.22. The molecule has 0 radical (unpaired) electrons. The number of hydrogen-bond acceptors (Lipinski definition) is 6. The molecule has 0 aliphatic carbocycles. The number of oxime groups is 1. The first kappa shape index (κ1) is 11.9. The van der Waals surface area contributed by atoms with Crippen molar-refractivity contribution in [3.05, 3.63) is 0 Å². The van der Waals surface area contributed by atoms with Gasteiger partial charge in [-0.15, -0.1) is 0 Å². The molecule has 15 heavy (non-hydrogen) atoms. The van der Waals surface area contributed by atoms with Crippen LogP contribution in [0.1, 0.15) is 20.3 Å². The third kappa shape index (κ3) is 2.27. The monoisotopic (exact) mass is 216 g/mol. The Morgan fingerprint density at radius 2 is 2.47 bits per heavy atom. The van der Waals surface area contributed by atoms with Gasteiger partial charge in [-0.3, -0.25) is 4.79 Å². The van der Waals surface area contributed by atoms with E-state index in [0.717, 1.165) is 5.71 Å². The molecule has 1 aliphatic heterocycles. The van der Waals surface area contributed by atoms with Crippen molar-refractivity contribution in [1.29, 1.82) is 0 Å². The molecule has 0 aromatic carbocycles. The fraction of sp³-hybridized carbons (Fsp3) is 0.778. The molecule has 3 atom stereocenters. The third-order valence-corrected chi connectivity index (χ3v) is 2.55. The first-order valence-electron chi connectivity index (χ1n) is 4.64. The van der Waals surface area contributed by atoms with E-state index in [0.29, 0.717) is 6.42 Å². The first-order valence-corrected chi connectivity index (χ1v) is 4.64. The number of aliphatic hydroxyl groups is 1. The van der Waals surface area contributed by atoms with E-state index in [9.17, 15) is 9.90 Å². The quantitative estimate of drug-likeness (QED) is 0.614. The minimum atomic E-state index is -1.49. The van der Waals surface area contributed by atoms with Gasteiger partial charge in [0.05, 0.1) is 12.8 Å². The van der Waals surface area contributed by atoms with Crippen molar-refractivity contribution in [1.82, 2.24) is 0 Å². The third-order valence-electron chi connectivity index (χ3n) is 2.55. The summed E-state index contributed by atoms with van der Waals surface area (Å²) in [6.45, 7) is 3.22. The number of nitrogens with zero attached hydrogens (tertiary/aromatic N) is 1. The van der Waals surface area contributed by atoms with E-state index in [4.69, 9.17) is 10.6 Å². The SMILES string of the molecule is COC(=O)[C@@H](N)[C@@](C)(O)[C@@H]1CC(C)=NO1. The molecule has 0 fully saturated rings. The Balaban J connectivity index is 2.70. The van der Waals surface area contributed by atoms with Gasteiger partial charge in [0, 0.05) is 6.42 Å². The maximum absolute atomic E-state index is 11.2. The summed E-state index contributed by atoms with van der Waals surface area (Å²) >= 11 is 0. The predicted octanol–water partition coefficient (Wildman–Crippen LogP) is -0.598. The Labute approximate surface area is 88.0 Å². The Kier molecular flexibility index (Phi) is 3.31. The summed E-state index contributed by atoms with van der Waals surface area (Å²) in [4.78, 5) is 16.2. The normalized spacial score (nSPS) is 26.2. The molecule has 0 saturated heterocycles. The highest BCUT2D eigenvalue weighted by molar-refractivity contribution is 5.83. The summed E-state index contributed by atoms with van der Waals surface area (Å²) in [5, 5.41) is 13.8. The molecule has 6 heteroatoms. The van der Waals surface area contributed by atoms with Gasteiger partial charge in [-0.25, -0.2) is 0 Å². The molecular formula is C9H16N2O4. The Hall–Kier alpha value is -1.14. The van der Waals surface area contributed by atoms with Crippen LogP contribution in [0.2, 0.25) is 0 Å². The van der Waals surface area contributed by atoms with E-state index in [1.807, 2.05) is 0 Å². The largest absolute Gasteiger partial charge is 0.468 e. The molecule has 0 amide bonds. The Morgan fingerprint density at radius 1 is 1.87 bits per heavy atom. The zero-order valence-corrected chi connectivity index (χ0v) is 9.06. The zero-order valence-electron chi connectivity index (χ0n) is 9.06. The highest BCUT2D eigenvalue weighted by atomic mass is 16.7. The van der Waals surface area contributed by atoms with Crippen LogP contribution in [0.3, 0.4) is 0 Å². The van der Waals surface area contributed by atoms with Crippen LogP contribution < -0.4 is 5.73 Å². The number of carbonyl (C=O) groups is 1. The summed E-state index contributed by atoms with van der Waals surface area (Å²) < 4.78 is 4.47. The van der Waals surface area contributed by atoms with Crippen LogP contribution in [-0.4, -0.2) is 41.6 Å². The van der Waals surface area contributed by atoms with Crippen LogP contribution in [0.25, 0.3) is 0 Å². The van der Waals surface area contributed by atoms with Crippen LogP contribution in [0.5, 0.6) is 0 Å². The summed E-state index contributed by atoms with van der Waals surface area (Å²) in [5.41, 5.74) is 4.85. The Bertz CT molecular complexity index is 288. The fourth-order valence-electron chi connectivity index (χ4n) is 1.38. The van der Waals surface area contributed by atoms with Gasteiger partial charge in [-0.2, -0.15) is 0 Å². The number of esters is 1. The van der Waals surface area contributed by atoms with Gasteiger partial charge >= 0.3 is 5.97 Å². The number of ether oxygens (including phenoxy) is 1. The van der Waals surface area contributed by atoms with Crippen LogP contribution >= 0.6 is 0 Å². The smallest absolute Gasteiger partial charge is 0.325 e. The lowest BCUT2D eigenvalue weighted by Crippen LogP contribution is -2.58. The molecule has 0 aromatic rings. The standard InChI is InChI=1S/C9H16N2O4/c1-5-4-6(15-11-5)9(2,13)7(10)8(12)14-3/h6-7,13H,4,10H2,1-3H3/t6-,7+,9-/m0/s1. The second-order valence-electron chi connectivity index (χ2n) is 3.85. The van der Waals surface area contributed by atoms with E-state index in [-0.39, 0.29) is 0 Å². The lowest BCUT2D eigenvalue weighted by molar-refractivity contribution is -0.157. The van der Waals surface area contributed by atoms with Gasteiger partial charge in [0.2, 0.25) is 0 Å². The minimum absolute atomic E-state index is 0.456. The van der Waals surface area contributed by atoms with Crippen molar-refractivity contribution < 1.29 is 19.5 Å². The van der Waals surface area contributed by atoms with Crippen LogP contribution in [0.15, 0.2) is 5.16 Å². The van der Waals surface area contributed by atoms with E-state index in [1.54, 1.807) is 6.92 Å². The van der Waals surface area contributed by atoms with Crippen LogP contribution in [0, 0.1) is 0 Å². The fourth-order valence-corrected chi connectivity index (χ4v) is 1.38. The summed E-state index contributed by atoms with van der Waals surface area (Å²) in [6.07, 6.45) is -0.149. The molecule has 0 unspecified atom stereocenters. The average Bonchev–Trinajstić information content (AvgIpc) is 2.63. The van der Waals surface area contributed by atoms with E-state index < -0.39 is 23.7 Å². The average molecular weight is 216 g/mol. The van der Waals surface area contributed by atoms with Gasteiger partial charge in [-0.1, -0.05) is 5.16 Å². The predicted molar refractivity (Wildman–Crippen MR) is 53.2 cm³/mol. The highest BCUT2D eigenvalue weighted by Gasteiger charge is 2.46. The van der Waals surface area contributed by atoms with Gasteiger partial charge in [0.25, 0.3) is 0 Å². The van der Waals surface area contributed by atoms with Crippen LogP contribution in [-0.2, 0) is 14.4 Å². The molecule has 1 heterocycles. The van der Waals surface area contributed by atoms with E-state index in [1.165, 1.54) is 14.0 Å². The number of nitrogens with two attached hydrogens (primary N) is 1. The molecule has 0 bridgehead atoms. The molecule has 86 valence electrons. The maximum atomic E-state index is 11.2. The Morgan fingerprint density at radius 3 is 2.87 bits per heavy atom. The van der Waals surface area contributed by atoms with Crippen molar-refractivity contribution in [2.24, 2.45) is 10.9 Å². The van der Waals surface area contributed by atoms with Crippen molar-refractivity contribution >= 4 is 11.7 Å². The van der Waals surface area contributed by atoms with Crippen LogP contribution in [0.4, 0.5) is 0 Å². The van der Waals surface area contributed by atoms with Gasteiger partial charge < -0.3 is 20.4 Å². The molecular weight excluding hydrogens is 200 g/mol.